The third-order valence-electron chi connectivity index (χ3n) is 3.84. The molecule has 1 N–H and O–H groups in total. The fourth-order valence-electron chi connectivity index (χ4n) is 2.48. The molecule has 0 aromatic heterocycles. The normalized spacial score (nSPS) is 19.6. The van der Waals surface area contributed by atoms with Crippen molar-refractivity contribution >= 4 is 11.5 Å². The Kier molecular flexibility index (Phi) is 4.90. The number of alkyl halides is 3. The van der Waals surface area contributed by atoms with Crippen LogP contribution in [0.25, 0.3) is 5.57 Å². The van der Waals surface area contributed by atoms with Gasteiger partial charge in [0, 0.05) is 31.7 Å². The Labute approximate surface area is 127 Å². The summed E-state index contributed by atoms with van der Waals surface area (Å²) in [6, 6.07) is 4.93. The molecule has 1 aliphatic heterocycles. The summed E-state index contributed by atoms with van der Waals surface area (Å²) in [5, 5.41) is 9.07. The molecule has 1 aromatic carbocycles. The minimum absolute atomic E-state index is 0.0418. The van der Waals surface area contributed by atoms with Crippen LogP contribution >= 0.6 is 0 Å². The number of hydrogen-bond donors (Lipinski definition) is 1. The number of carbonyl (C=O) groups excluding carboxylic acids is 1. The summed E-state index contributed by atoms with van der Waals surface area (Å²) in [4.78, 5) is 13.7. The summed E-state index contributed by atoms with van der Waals surface area (Å²) < 4.78 is 38.1. The molecule has 1 aliphatic rings. The average Bonchev–Trinajstić information content (AvgIpc) is 2.95. The first-order chi connectivity index (χ1) is 10.3. The molecular formula is C16H18F3NO2. The number of aliphatic hydroxyl groups is 1. The molecule has 0 spiro atoms. The molecule has 0 bridgehead atoms. The molecule has 0 saturated carbocycles. The van der Waals surface area contributed by atoms with Crippen LogP contribution in [-0.4, -0.2) is 35.6 Å². The molecule has 0 radical (unpaired) electrons. The molecule has 1 saturated heterocycles. The van der Waals surface area contributed by atoms with Gasteiger partial charge in [-0.1, -0.05) is 12.1 Å². The van der Waals surface area contributed by atoms with Crippen LogP contribution in [0, 0.1) is 5.92 Å². The lowest BCUT2D eigenvalue weighted by Crippen LogP contribution is -2.27. The van der Waals surface area contributed by atoms with Crippen LogP contribution in [0.1, 0.15) is 24.5 Å². The number of rotatable bonds is 3. The molecule has 120 valence electrons. The predicted octanol–water partition coefficient (Wildman–Crippen LogP) is 2.95. The highest BCUT2D eigenvalue weighted by atomic mass is 19.4. The van der Waals surface area contributed by atoms with E-state index in [0.29, 0.717) is 24.2 Å². The number of benzene rings is 1. The summed E-state index contributed by atoms with van der Waals surface area (Å²) in [5.41, 5.74) is 0.136. The maximum absolute atomic E-state index is 12.7. The van der Waals surface area contributed by atoms with Crippen molar-refractivity contribution in [2.24, 2.45) is 5.92 Å². The molecule has 0 aliphatic carbocycles. The van der Waals surface area contributed by atoms with Crippen LogP contribution in [0.5, 0.6) is 0 Å². The van der Waals surface area contributed by atoms with Crippen molar-refractivity contribution in [3.63, 3.8) is 0 Å². The highest BCUT2D eigenvalue weighted by Gasteiger charge is 2.30. The lowest BCUT2D eigenvalue weighted by Gasteiger charge is -2.15. The van der Waals surface area contributed by atoms with Crippen molar-refractivity contribution in [3.05, 3.63) is 41.5 Å². The maximum atomic E-state index is 12.7. The Morgan fingerprint density at radius 3 is 2.77 bits per heavy atom. The fourth-order valence-corrected chi connectivity index (χ4v) is 2.48. The van der Waals surface area contributed by atoms with Crippen LogP contribution in [0.3, 0.4) is 0 Å². The van der Waals surface area contributed by atoms with Crippen molar-refractivity contribution in [1.29, 1.82) is 0 Å². The topological polar surface area (TPSA) is 40.5 Å². The van der Waals surface area contributed by atoms with Crippen LogP contribution in [0.2, 0.25) is 0 Å². The highest BCUT2D eigenvalue weighted by molar-refractivity contribution is 5.95. The van der Waals surface area contributed by atoms with Crippen molar-refractivity contribution in [1.82, 2.24) is 4.90 Å². The summed E-state index contributed by atoms with van der Waals surface area (Å²) in [7, 11) is 0. The van der Waals surface area contributed by atoms with Gasteiger partial charge in [-0.2, -0.15) is 13.2 Å². The molecule has 2 rings (SSSR count). The second-order valence-electron chi connectivity index (χ2n) is 5.53. The van der Waals surface area contributed by atoms with Crippen molar-refractivity contribution in [2.75, 3.05) is 19.7 Å². The number of halogens is 3. The average molecular weight is 313 g/mol. The summed E-state index contributed by atoms with van der Waals surface area (Å²) in [6.07, 6.45) is -2.29. The molecule has 3 nitrogen and oxygen atoms in total. The molecule has 1 heterocycles. The van der Waals surface area contributed by atoms with Crippen LogP contribution in [-0.2, 0) is 11.0 Å². The molecule has 1 unspecified atom stereocenters. The number of likely N-dealkylation sites (tertiary alicyclic amines) is 1. The van der Waals surface area contributed by atoms with E-state index >= 15 is 0 Å². The van der Waals surface area contributed by atoms with Crippen LogP contribution in [0.15, 0.2) is 30.3 Å². The summed E-state index contributed by atoms with van der Waals surface area (Å²) in [6.45, 7) is 2.71. The predicted molar refractivity (Wildman–Crippen MR) is 76.9 cm³/mol. The molecule has 1 fully saturated rings. The third-order valence-corrected chi connectivity index (χ3v) is 3.84. The molecule has 22 heavy (non-hydrogen) atoms. The SMILES string of the molecule is C/C(=C/C(=O)N1CCC(CO)C1)c1cccc(C(F)(F)F)c1. The van der Waals surface area contributed by atoms with Gasteiger partial charge in [-0.15, -0.1) is 0 Å². The van der Waals surface area contributed by atoms with Gasteiger partial charge in [0.15, 0.2) is 0 Å². The number of aliphatic hydroxyl groups excluding tert-OH is 1. The van der Waals surface area contributed by atoms with Gasteiger partial charge in [0.05, 0.1) is 5.56 Å². The monoisotopic (exact) mass is 313 g/mol. The van der Waals surface area contributed by atoms with E-state index in [1.165, 1.54) is 12.1 Å². The second-order valence-corrected chi connectivity index (χ2v) is 5.53. The largest absolute Gasteiger partial charge is 0.416 e. The van der Waals surface area contributed by atoms with Crippen LogP contribution in [0.4, 0.5) is 13.2 Å². The number of carbonyl (C=O) groups is 1. The van der Waals surface area contributed by atoms with Crippen molar-refractivity contribution in [3.8, 4) is 0 Å². The van der Waals surface area contributed by atoms with Gasteiger partial charge in [0.25, 0.3) is 0 Å². The highest BCUT2D eigenvalue weighted by Crippen LogP contribution is 2.31. The number of amides is 1. The van der Waals surface area contributed by atoms with Gasteiger partial charge in [0.2, 0.25) is 5.91 Å². The zero-order chi connectivity index (χ0) is 16.3. The molecule has 6 heteroatoms. The lowest BCUT2D eigenvalue weighted by atomic mass is 10.0. The quantitative estimate of drug-likeness (QED) is 0.872. The maximum Gasteiger partial charge on any atom is 0.416 e. The zero-order valence-electron chi connectivity index (χ0n) is 12.2. The van der Waals surface area contributed by atoms with E-state index in [1.54, 1.807) is 17.9 Å². The zero-order valence-corrected chi connectivity index (χ0v) is 12.2. The van der Waals surface area contributed by atoms with E-state index in [4.69, 9.17) is 5.11 Å². The number of allylic oxidation sites excluding steroid dienone is 1. The standard InChI is InChI=1S/C16H18F3NO2/c1-11(7-15(22)20-6-5-12(9-20)10-21)13-3-2-4-14(8-13)16(17,18)19/h2-4,7-8,12,21H,5-6,9-10H2,1H3/b11-7-. The van der Waals surface area contributed by atoms with Gasteiger partial charge in [-0.05, 0) is 36.6 Å². The Hall–Kier alpha value is -1.82. The van der Waals surface area contributed by atoms with Crippen LogP contribution < -0.4 is 0 Å². The Morgan fingerprint density at radius 2 is 2.18 bits per heavy atom. The summed E-state index contributed by atoms with van der Waals surface area (Å²) in [5.74, 6) is -0.142. The number of hydrogen-bond acceptors (Lipinski definition) is 2. The van der Waals surface area contributed by atoms with E-state index in [2.05, 4.69) is 0 Å². The first-order valence-electron chi connectivity index (χ1n) is 7.07. The number of nitrogens with zero attached hydrogens (tertiary/aromatic N) is 1. The van der Waals surface area contributed by atoms with E-state index < -0.39 is 11.7 Å². The fraction of sp³-hybridized carbons (Fsp3) is 0.438. The molecule has 1 amide bonds. The van der Waals surface area contributed by atoms with Gasteiger partial charge >= 0.3 is 6.18 Å². The third kappa shape index (κ3) is 3.88. The van der Waals surface area contributed by atoms with Gasteiger partial charge in [-0.3, -0.25) is 4.79 Å². The van der Waals surface area contributed by atoms with Gasteiger partial charge in [-0.25, -0.2) is 0 Å². The molecule has 1 aromatic rings. The Bertz CT molecular complexity index is 581. The Balaban J connectivity index is 2.14. The minimum atomic E-state index is -4.40. The van der Waals surface area contributed by atoms with Gasteiger partial charge in [0.1, 0.15) is 0 Å². The second kappa shape index (κ2) is 6.52. The van der Waals surface area contributed by atoms with E-state index in [9.17, 15) is 18.0 Å². The minimum Gasteiger partial charge on any atom is -0.396 e. The molecular weight excluding hydrogens is 295 g/mol. The van der Waals surface area contributed by atoms with Crippen molar-refractivity contribution in [2.45, 2.75) is 19.5 Å². The first-order valence-corrected chi connectivity index (χ1v) is 7.07. The first kappa shape index (κ1) is 16.5. The van der Waals surface area contributed by atoms with E-state index in [0.717, 1.165) is 18.6 Å². The smallest absolute Gasteiger partial charge is 0.396 e. The van der Waals surface area contributed by atoms with Gasteiger partial charge < -0.3 is 10.0 Å². The Morgan fingerprint density at radius 1 is 1.45 bits per heavy atom. The van der Waals surface area contributed by atoms with Crippen molar-refractivity contribution < 1.29 is 23.1 Å². The molecule has 1 atom stereocenters. The van der Waals surface area contributed by atoms with E-state index in [1.807, 2.05) is 0 Å². The van der Waals surface area contributed by atoms with E-state index in [-0.39, 0.29) is 18.4 Å². The lowest BCUT2D eigenvalue weighted by molar-refractivity contribution is -0.137. The summed E-state index contributed by atoms with van der Waals surface area (Å²) >= 11 is 0.